The molecule has 3 rings (SSSR count). The number of nitrogens with one attached hydrogen (secondary N) is 2. The molecule has 0 fully saturated rings. The molecule has 0 bridgehead atoms. The zero-order valence-electron chi connectivity index (χ0n) is 19.8. The van der Waals surface area contributed by atoms with Gasteiger partial charge in [0.05, 0.1) is 19.6 Å². The number of fused-ring (bicyclic) bond motifs is 3. The third-order valence-electron chi connectivity index (χ3n) is 5.74. The topological polar surface area (TPSA) is 114 Å². The molecule has 0 aliphatic heterocycles. The number of amides is 2. The molecule has 1 aliphatic rings. The fraction of sp³-hybridized carbons (Fsp3) is 0.423. The zero-order chi connectivity index (χ0) is 24.7. The number of alkyl carbamates (subject to hydrolysis) is 1. The lowest BCUT2D eigenvalue weighted by Gasteiger charge is -2.30. The van der Waals surface area contributed by atoms with Gasteiger partial charge in [-0.1, -0.05) is 69.3 Å². The highest BCUT2D eigenvalue weighted by Gasteiger charge is 2.34. The van der Waals surface area contributed by atoms with Crippen molar-refractivity contribution in [3.8, 4) is 11.1 Å². The van der Waals surface area contributed by atoms with Gasteiger partial charge in [-0.25, -0.2) is 4.79 Å². The molecule has 2 aromatic carbocycles. The first-order valence-electron chi connectivity index (χ1n) is 11.4. The molecule has 1 aliphatic carbocycles. The molecule has 1 unspecified atom stereocenters. The number of carbonyl (C=O) groups is 3. The Morgan fingerprint density at radius 2 is 1.56 bits per heavy atom. The molecular formula is C26H32N2O6. The highest BCUT2D eigenvalue weighted by molar-refractivity contribution is 5.86. The number of carbonyl (C=O) groups excluding carboxylic acids is 2. The van der Waals surface area contributed by atoms with Crippen molar-refractivity contribution in [3.05, 3.63) is 59.7 Å². The molecular weight excluding hydrogens is 436 g/mol. The minimum absolute atomic E-state index is 0.0667. The van der Waals surface area contributed by atoms with Crippen molar-refractivity contribution in [3.63, 3.8) is 0 Å². The van der Waals surface area contributed by atoms with E-state index in [0.717, 1.165) is 22.3 Å². The van der Waals surface area contributed by atoms with Gasteiger partial charge in [-0.2, -0.15) is 0 Å². The van der Waals surface area contributed by atoms with Gasteiger partial charge < -0.3 is 25.2 Å². The Kier molecular flexibility index (Phi) is 8.28. The fourth-order valence-electron chi connectivity index (χ4n) is 4.04. The molecule has 8 heteroatoms. The van der Waals surface area contributed by atoms with E-state index in [1.165, 1.54) is 0 Å². The first-order chi connectivity index (χ1) is 16.2. The summed E-state index contributed by atoms with van der Waals surface area (Å²) in [7, 11) is 0. The standard InChI is InChI=1S/C26H32N2O6/c1-26(2,3)23(24(31)27-13-15-33-14-12-22(29)30)28-25(32)34-16-21-19-10-6-4-8-17(19)18-9-5-7-11-20(18)21/h4-11,21,23H,12-16H2,1-3H3,(H,27,31)(H,28,32)(H,29,30). The van der Waals surface area contributed by atoms with Gasteiger partial charge in [-0.05, 0) is 27.7 Å². The summed E-state index contributed by atoms with van der Waals surface area (Å²) < 4.78 is 10.8. The fourth-order valence-corrected chi connectivity index (χ4v) is 4.04. The molecule has 0 spiro atoms. The van der Waals surface area contributed by atoms with Crippen LogP contribution in [0.1, 0.15) is 44.2 Å². The molecule has 34 heavy (non-hydrogen) atoms. The Morgan fingerprint density at radius 1 is 0.971 bits per heavy atom. The largest absolute Gasteiger partial charge is 0.481 e. The first kappa shape index (κ1) is 25.2. The van der Waals surface area contributed by atoms with E-state index >= 15 is 0 Å². The molecule has 2 amide bonds. The van der Waals surface area contributed by atoms with Crippen LogP contribution in [0.25, 0.3) is 11.1 Å². The molecule has 8 nitrogen and oxygen atoms in total. The Labute approximate surface area is 199 Å². The van der Waals surface area contributed by atoms with Crippen LogP contribution in [0.4, 0.5) is 4.79 Å². The number of rotatable bonds is 10. The van der Waals surface area contributed by atoms with Gasteiger partial charge in [0, 0.05) is 12.5 Å². The summed E-state index contributed by atoms with van der Waals surface area (Å²) in [6.45, 7) is 6.18. The first-order valence-corrected chi connectivity index (χ1v) is 11.4. The Balaban J connectivity index is 1.55. The van der Waals surface area contributed by atoms with E-state index in [0.29, 0.717) is 0 Å². The summed E-state index contributed by atoms with van der Waals surface area (Å²) in [5.74, 6) is -1.37. The van der Waals surface area contributed by atoms with Gasteiger partial charge in [0.15, 0.2) is 0 Å². The van der Waals surface area contributed by atoms with Gasteiger partial charge >= 0.3 is 12.1 Å². The van der Waals surface area contributed by atoms with Crippen LogP contribution in [-0.2, 0) is 19.1 Å². The molecule has 3 N–H and O–H groups in total. The average molecular weight is 469 g/mol. The van der Waals surface area contributed by atoms with E-state index in [1.807, 2.05) is 57.2 Å². The van der Waals surface area contributed by atoms with Crippen LogP contribution < -0.4 is 10.6 Å². The van der Waals surface area contributed by atoms with E-state index in [1.54, 1.807) is 0 Å². The van der Waals surface area contributed by atoms with Crippen molar-refractivity contribution < 1.29 is 29.0 Å². The number of carboxylic acid groups (broad SMARTS) is 1. The highest BCUT2D eigenvalue weighted by Crippen LogP contribution is 2.44. The van der Waals surface area contributed by atoms with Crippen molar-refractivity contribution in [1.82, 2.24) is 10.6 Å². The minimum Gasteiger partial charge on any atom is -0.481 e. The SMILES string of the molecule is CC(C)(C)C(NC(=O)OCC1c2ccccc2-c2ccccc21)C(=O)NCCOCCC(=O)O. The number of aliphatic carboxylic acids is 1. The van der Waals surface area contributed by atoms with E-state index in [9.17, 15) is 14.4 Å². The lowest BCUT2D eigenvalue weighted by atomic mass is 9.86. The van der Waals surface area contributed by atoms with E-state index in [2.05, 4.69) is 22.8 Å². The summed E-state index contributed by atoms with van der Waals surface area (Å²) in [5, 5.41) is 14.0. The van der Waals surface area contributed by atoms with Crippen molar-refractivity contribution in [2.45, 2.75) is 39.2 Å². The van der Waals surface area contributed by atoms with E-state index < -0.39 is 23.5 Å². The van der Waals surface area contributed by atoms with Gasteiger partial charge in [-0.3, -0.25) is 9.59 Å². The molecule has 182 valence electrons. The molecule has 0 heterocycles. The quantitative estimate of drug-likeness (QED) is 0.460. The second-order valence-corrected chi connectivity index (χ2v) is 9.32. The normalized spacial score (nSPS) is 13.5. The van der Waals surface area contributed by atoms with Crippen LogP contribution >= 0.6 is 0 Å². The zero-order valence-corrected chi connectivity index (χ0v) is 19.8. The number of ether oxygens (including phenoxy) is 2. The third kappa shape index (κ3) is 6.35. The number of carboxylic acids is 1. The summed E-state index contributed by atoms with van der Waals surface area (Å²) in [6, 6.07) is 15.4. The molecule has 0 saturated carbocycles. The van der Waals surface area contributed by atoms with Crippen LogP contribution in [0.2, 0.25) is 0 Å². The Bertz CT molecular complexity index is 984. The minimum atomic E-state index is -0.941. The second-order valence-electron chi connectivity index (χ2n) is 9.32. The lowest BCUT2D eigenvalue weighted by Crippen LogP contribution is -2.54. The van der Waals surface area contributed by atoms with Crippen LogP contribution in [0.3, 0.4) is 0 Å². The van der Waals surface area contributed by atoms with Crippen LogP contribution in [0.5, 0.6) is 0 Å². The smallest absolute Gasteiger partial charge is 0.407 e. The van der Waals surface area contributed by atoms with Gasteiger partial charge in [0.25, 0.3) is 0 Å². The number of hydrogen-bond acceptors (Lipinski definition) is 5. The summed E-state index contributed by atoms with van der Waals surface area (Å²) >= 11 is 0. The molecule has 0 aromatic heterocycles. The maximum atomic E-state index is 12.7. The predicted molar refractivity (Wildman–Crippen MR) is 128 cm³/mol. The molecule has 1 atom stereocenters. The van der Waals surface area contributed by atoms with Crippen LogP contribution in [0.15, 0.2) is 48.5 Å². The maximum Gasteiger partial charge on any atom is 0.407 e. The number of hydrogen-bond donors (Lipinski definition) is 3. The summed E-state index contributed by atoms with van der Waals surface area (Å²) in [6.07, 6.45) is -0.753. The average Bonchev–Trinajstić information content (AvgIpc) is 3.11. The van der Waals surface area contributed by atoms with Gasteiger partial charge in [-0.15, -0.1) is 0 Å². The van der Waals surface area contributed by atoms with Crippen molar-refractivity contribution in [1.29, 1.82) is 0 Å². The van der Waals surface area contributed by atoms with Crippen LogP contribution in [0, 0.1) is 5.41 Å². The van der Waals surface area contributed by atoms with Gasteiger partial charge in [0.1, 0.15) is 12.6 Å². The monoisotopic (exact) mass is 468 g/mol. The maximum absolute atomic E-state index is 12.7. The molecule has 0 saturated heterocycles. The third-order valence-corrected chi connectivity index (χ3v) is 5.74. The van der Waals surface area contributed by atoms with Gasteiger partial charge in [0.2, 0.25) is 5.91 Å². The van der Waals surface area contributed by atoms with Crippen molar-refractivity contribution in [2.24, 2.45) is 5.41 Å². The lowest BCUT2D eigenvalue weighted by molar-refractivity contribution is -0.138. The molecule has 0 radical (unpaired) electrons. The van der Waals surface area contributed by atoms with Crippen molar-refractivity contribution >= 4 is 18.0 Å². The van der Waals surface area contributed by atoms with Crippen LogP contribution in [-0.4, -0.2) is 55.5 Å². The summed E-state index contributed by atoms with van der Waals surface area (Å²) in [5.41, 5.74) is 3.96. The van der Waals surface area contributed by atoms with E-state index in [-0.39, 0.29) is 44.6 Å². The molecule has 2 aromatic rings. The Morgan fingerprint density at radius 3 is 2.12 bits per heavy atom. The highest BCUT2D eigenvalue weighted by atomic mass is 16.5. The predicted octanol–water partition coefficient (Wildman–Crippen LogP) is 3.55. The number of benzene rings is 2. The van der Waals surface area contributed by atoms with E-state index in [4.69, 9.17) is 14.6 Å². The Hall–Kier alpha value is -3.39. The van der Waals surface area contributed by atoms with Crippen molar-refractivity contribution in [2.75, 3.05) is 26.4 Å². The summed E-state index contributed by atoms with van der Waals surface area (Å²) in [4.78, 5) is 35.9. The second kappa shape index (κ2) is 11.2.